The topological polar surface area (TPSA) is 77.2 Å². The van der Waals surface area contributed by atoms with Gasteiger partial charge in [0.25, 0.3) is 5.91 Å². The third-order valence-corrected chi connectivity index (χ3v) is 4.93. The molecule has 1 amide bonds. The van der Waals surface area contributed by atoms with E-state index >= 15 is 0 Å². The molecule has 3 rings (SSSR count). The van der Waals surface area contributed by atoms with Crippen LogP contribution in [0.4, 0.5) is 0 Å². The minimum atomic E-state index is -0.140. The summed E-state index contributed by atoms with van der Waals surface area (Å²) in [5, 5.41) is 5.52. The maximum Gasteiger partial charge on any atom is 0.270 e. The van der Waals surface area contributed by atoms with Gasteiger partial charge in [0, 0.05) is 31.0 Å². The fourth-order valence-electron chi connectivity index (χ4n) is 2.89. The van der Waals surface area contributed by atoms with Gasteiger partial charge in [0.15, 0.2) is 0 Å². The van der Waals surface area contributed by atoms with E-state index in [-0.39, 0.29) is 30.3 Å². The Hall–Kier alpha value is -1.47. The van der Waals surface area contributed by atoms with Crippen LogP contribution in [-0.2, 0) is 11.3 Å². The lowest BCUT2D eigenvalue weighted by Crippen LogP contribution is -2.35. The first-order valence-electron chi connectivity index (χ1n) is 7.87. The molecule has 1 aliphatic rings. The molecule has 0 spiro atoms. The van der Waals surface area contributed by atoms with E-state index in [4.69, 9.17) is 10.5 Å². The number of carbonyl (C=O) groups is 1. The van der Waals surface area contributed by atoms with Gasteiger partial charge in [0.1, 0.15) is 10.7 Å². The van der Waals surface area contributed by atoms with Crippen molar-refractivity contribution in [2.45, 2.75) is 25.5 Å². The Bertz CT molecular complexity index is 650. The summed E-state index contributed by atoms with van der Waals surface area (Å²) >= 11 is 1.42. The fraction of sp³-hybridized carbons (Fsp3) is 0.412. The van der Waals surface area contributed by atoms with Crippen molar-refractivity contribution in [1.29, 1.82) is 0 Å². The number of benzene rings is 1. The Labute approximate surface area is 152 Å². The molecule has 0 saturated carbocycles. The molecule has 7 heteroatoms. The van der Waals surface area contributed by atoms with Crippen molar-refractivity contribution in [3.05, 3.63) is 52.0 Å². The summed E-state index contributed by atoms with van der Waals surface area (Å²) < 4.78 is 5.95. The number of thiazole rings is 1. The zero-order valence-electron chi connectivity index (χ0n) is 13.3. The standard InChI is InChI=1S/C17H21N3O2S.ClH/c18-9-15-20-14(11-23-15)17(21)19-10-13-7-4-8-22-16(13)12-5-2-1-3-6-12;/h1-3,5-6,11,13,16H,4,7-10,18H2,(H,19,21);1H. The zero-order valence-corrected chi connectivity index (χ0v) is 14.9. The van der Waals surface area contributed by atoms with Gasteiger partial charge in [-0.2, -0.15) is 0 Å². The van der Waals surface area contributed by atoms with E-state index in [0.29, 0.717) is 18.8 Å². The first-order valence-corrected chi connectivity index (χ1v) is 8.75. The molecule has 2 aromatic rings. The molecule has 130 valence electrons. The van der Waals surface area contributed by atoms with Gasteiger partial charge in [-0.1, -0.05) is 30.3 Å². The molecule has 24 heavy (non-hydrogen) atoms. The number of carbonyl (C=O) groups excluding carboxylic acids is 1. The number of aromatic nitrogens is 1. The van der Waals surface area contributed by atoms with Crippen LogP contribution in [0.5, 0.6) is 0 Å². The number of nitrogens with one attached hydrogen (secondary N) is 1. The van der Waals surface area contributed by atoms with E-state index < -0.39 is 0 Å². The normalized spacial score (nSPS) is 20.2. The van der Waals surface area contributed by atoms with Gasteiger partial charge >= 0.3 is 0 Å². The summed E-state index contributed by atoms with van der Waals surface area (Å²) in [5.41, 5.74) is 7.16. The van der Waals surface area contributed by atoms with Crippen molar-refractivity contribution in [2.75, 3.05) is 13.2 Å². The molecule has 1 fully saturated rings. The van der Waals surface area contributed by atoms with Crippen molar-refractivity contribution in [3.8, 4) is 0 Å². The molecule has 1 aromatic carbocycles. The molecule has 1 saturated heterocycles. The first kappa shape index (κ1) is 18.9. The highest BCUT2D eigenvalue weighted by atomic mass is 35.5. The van der Waals surface area contributed by atoms with Crippen molar-refractivity contribution < 1.29 is 9.53 Å². The highest BCUT2D eigenvalue weighted by Gasteiger charge is 2.27. The van der Waals surface area contributed by atoms with E-state index in [1.165, 1.54) is 16.9 Å². The fourth-order valence-corrected chi connectivity index (χ4v) is 3.54. The van der Waals surface area contributed by atoms with Crippen LogP contribution in [-0.4, -0.2) is 24.0 Å². The van der Waals surface area contributed by atoms with Gasteiger partial charge in [-0.15, -0.1) is 23.7 Å². The summed E-state index contributed by atoms with van der Waals surface area (Å²) in [6, 6.07) is 10.2. The average Bonchev–Trinajstić information content (AvgIpc) is 3.10. The van der Waals surface area contributed by atoms with Crippen LogP contribution in [0, 0.1) is 5.92 Å². The Morgan fingerprint density at radius 1 is 1.38 bits per heavy atom. The van der Waals surface area contributed by atoms with Gasteiger partial charge in [-0.3, -0.25) is 4.79 Å². The molecule has 2 unspecified atom stereocenters. The maximum atomic E-state index is 12.2. The van der Waals surface area contributed by atoms with Gasteiger partial charge in [-0.25, -0.2) is 4.98 Å². The highest BCUT2D eigenvalue weighted by molar-refractivity contribution is 7.09. The van der Waals surface area contributed by atoms with Crippen molar-refractivity contribution in [3.63, 3.8) is 0 Å². The largest absolute Gasteiger partial charge is 0.373 e. The first-order chi connectivity index (χ1) is 11.3. The molecular formula is C17H22ClN3O2S. The molecule has 2 atom stereocenters. The molecule has 1 aliphatic heterocycles. The van der Waals surface area contributed by atoms with E-state index in [9.17, 15) is 4.79 Å². The third-order valence-electron chi connectivity index (χ3n) is 4.06. The number of halogens is 1. The number of ether oxygens (including phenoxy) is 1. The molecule has 0 radical (unpaired) electrons. The number of hydrogen-bond acceptors (Lipinski definition) is 5. The number of hydrogen-bond donors (Lipinski definition) is 2. The summed E-state index contributed by atoms with van der Waals surface area (Å²) in [6.45, 7) is 1.73. The van der Waals surface area contributed by atoms with Crippen molar-refractivity contribution >= 4 is 29.7 Å². The van der Waals surface area contributed by atoms with Crippen LogP contribution in [0.15, 0.2) is 35.7 Å². The predicted octanol–water partition coefficient (Wildman–Crippen LogP) is 2.92. The SMILES string of the molecule is Cl.NCc1nc(C(=O)NCC2CCCOC2c2ccccc2)cs1. The van der Waals surface area contributed by atoms with E-state index in [1.807, 2.05) is 18.2 Å². The molecule has 3 N–H and O–H groups in total. The lowest BCUT2D eigenvalue weighted by Gasteiger charge is -2.32. The Kier molecular flexibility index (Phi) is 7.17. The van der Waals surface area contributed by atoms with Crippen LogP contribution in [0.25, 0.3) is 0 Å². The van der Waals surface area contributed by atoms with Gasteiger partial charge < -0.3 is 15.8 Å². The zero-order chi connectivity index (χ0) is 16.1. The summed E-state index contributed by atoms with van der Waals surface area (Å²) in [4.78, 5) is 16.4. The Balaban J connectivity index is 0.00000208. The molecule has 0 bridgehead atoms. The smallest absolute Gasteiger partial charge is 0.270 e. The minimum absolute atomic E-state index is 0. The Morgan fingerprint density at radius 2 is 2.17 bits per heavy atom. The summed E-state index contributed by atoms with van der Waals surface area (Å²) in [6.07, 6.45) is 2.11. The molecule has 2 heterocycles. The van der Waals surface area contributed by atoms with Crippen LogP contribution >= 0.6 is 23.7 Å². The van der Waals surface area contributed by atoms with Gasteiger partial charge in [-0.05, 0) is 18.4 Å². The summed E-state index contributed by atoms with van der Waals surface area (Å²) in [5.74, 6) is 0.140. The summed E-state index contributed by atoms with van der Waals surface area (Å²) in [7, 11) is 0. The minimum Gasteiger partial charge on any atom is -0.373 e. The number of amides is 1. The second-order valence-electron chi connectivity index (χ2n) is 5.65. The molecule has 1 aromatic heterocycles. The monoisotopic (exact) mass is 367 g/mol. The quantitative estimate of drug-likeness (QED) is 0.851. The molecule has 0 aliphatic carbocycles. The second-order valence-corrected chi connectivity index (χ2v) is 6.59. The van der Waals surface area contributed by atoms with Crippen molar-refractivity contribution in [2.24, 2.45) is 11.7 Å². The van der Waals surface area contributed by atoms with E-state index in [0.717, 1.165) is 24.5 Å². The lowest BCUT2D eigenvalue weighted by atomic mass is 9.89. The predicted molar refractivity (Wildman–Crippen MR) is 97.4 cm³/mol. The Morgan fingerprint density at radius 3 is 2.88 bits per heavy atom. The second kappa shape index (κ2) is 9.13. The van der Waals surface area contributed by atoms with E-state index in [1.54, 1.807) is 5.38 Å². The lowest BCUT2D eigenvalue weighted by molar-refractivity contribution is -0.0272. The van der Waals surface area contributed by atoms with Gasteiger partial charge in [0.2, 0.25) is 0 Å². The van der Waals surface area contributed by atoms with Crippen LogP contribution < -0.4 is 11.1 Å². The van der Waals surface area contributed by atoms with Crippen LogP contribution in [0.1, 0.15) is 40.0 Å². The highest BCUT2D eigenvalue weighted by Crippen LogP contribution is 2.33. The van der Waals surface area contributed by atoms with Crippen LogP contribution in [0.3, 0.4) is 0 Å². The third kappa shape index (κ3) is 4.54. The average molecular weight is 368 g/mol. The van der Waals surface area contributed by atoms with Crippen LogP contribution in [0.2, 0.25) is 0 Å². The maximum absolute atomic E-state index is 12.2. The number of rotatable bonds is 5. The van der Waals surface area contributed by atoms with Gasteiger partial charge in [0.05, 0.1) is 6.10 Å². The molecular weight excluding hydrogens is 346 g/mol. The van der Waals surface area contributed by atoms with E-state index in [2.05, 4.69) is 22.4 Å². The number of nitrogens with zero attached hydrogens (tertiary/aromatic N) is 1. The molecule has 5 nitrogen and oxygen atoms in total. The number of nitrogens with two attached hydrogens (primary N) is 1. The van der Waals surface area contributed by atoms with Crippen molar-refractivity contribution in [1.82, 2.24) is 10.3 Å².